The average Bonchev–Trinajstić information content (AvgIpc) is 3.05. The summed E-state index contributed by atoms with van der Waals surface area (Å²) in [4.78, 5) is 0. The van der Waals surface area contributed by atoms with Gasteiger partial charge in [-0.2, -0.15) is 0 Å². The molecule has 0 heterocycles. The fraction of sp³-hybridized carbons (Fsp3) is 0. The van der Waals surface area contributed by atoms with Gasteiger partial charge in [-0.3, -0.25) is 0 Å². The number of hydrogen-bond acceptors (Lipinski definition) is 0. The van der Waals surface area contributed by atoms with E-state index < -0.39 is 29.3 Å². The van der Waals surface area contributed by atoms with Crippen molar-refractivity contribution in [3.05, 3.63) is 182 Å². The van der Waals surface area contributed by atoms with Crippen molar-refractivity contribution in [3.63, 3.8) is 0 Å². The second-order valence-electron chi connectivity index (χ2n) is 8.73. The first-order chi connectivity index (χ1) is 20.3. The number of hydrogen-bond donors (Lipinski definition) is 0. The molecule has 6 aromatic carbocycles. The van der Waals surface area contributed by atoms with Crippen LogP contribution in [0.25, 0.3) is 0 Å². The van der Waals surface area contributed by atoms with Crippen molar-refractivity contribution in [3.8, 4) is 0 Å². The van der Waals surface area contributed by atoms with E-state index in [0.717, 1.165) is 0 Å². The predicted octanol–water partition coefficient (Wildman–Crippen LogP) is 5.78. The Morgan fingerprint density at radius 1 is 0.268 bits per heavy atom. The van der Waals surface area contributed by atoms with Crippen LogP contribution in [0.3, 0.4) is 0 Å². The summed E-state index contributed by atoms with van der Waals surface area (Å²) in [5.74, 6) is 0. The van der Waals surface area contributed by atoms with E-state index in [-0.39, 0.29) is 0 Å². The first-order valence-electron chi connectivity index (χ1n) is 13.0. The summed E-state index contributed by atoms with van der Waals surface area (Å²) in [5.41, 5.74) is 0. The van der Waals surface area contributed by atoms with Crippen LogP contribution >= 0.6 is 20.4 Å². The van der Waals surface area contributed by atoms with Crippen LogP contribution < -0.4 is 26.1 Å². The molecular weight excluding hydrogens is 712 g/mol. The molecule has 0 nitrogen and oxygen atoms in total. The van der Waals surface area contributed by atoms with E-state index in [2.05, 4.69) is 182 Å². The predicted molar refractivity (Wildman–Crippen MR) is 180 cm³/mol. The Balaban J connectivity index is 0.000000173. The molecule has 0 spiro atoms. The zero-order valence-electron chi connectivity index (χ0n) is 22.3. The topological polar surface area (TPSA) is 0 Å². The van der Waals surface area contributed by atoms with Gasteiger partial charge in [-0.15, -0.1) is 0 Å². The molecule has 0 aromatic heterocycles. The maximum absolute atomic E-state index is 4.70. The molecule has 0 unspecified atom stereocenters. The second-order valence-corrected chi connectivity index (χ2v) is 19.7. The Hall–Kier alpha value is -2.49. The molecule has 0 radical (unpaired) electrons. The van der Waals surface area contributed by atoms with Gasteiger partial charge in [0.05, 0.1) is 0 Å². The summed E-state index contributed by atoms with van der Waals surface area (Å²) >= 11 is -2.21. The molecule has 0 aliphatic heterocycles. The molecule has 6 rings (SSSR count). The van der Waals surface area contributed by atoms with Crippen molar-refractivity contribution < 1.29 is 12.7 Å². The molecule has 41 heavy (non-hydrogen) atoms. The first-order valence-corrected chi connectivity index (χ1v) is 21.4. The third kappa shape index (κ3) is 9.79. The van der Waals surface area contributed by atoms with Gasteiger partial charge in [0.1, 0.15) is 0 Å². The van der Waals surface area contributed by atoms with Gasteiger partial charge < -0.3 is 0 Å². The molecule has 0 bridgehead atoms. The van der Waals surface area contributed by atoms with Crippen LogP contribution in [0.1, 0.15) is 0 Å². The SMILES string of the molecule is [Cl][Ni][Cl].c1ccc([As](c2ccccc2)c2ccccc2)cc1.c1ccc([As](c2ccccc2)c2ccccc2)cc1. The fourth-order valence-electron chi connectivity index (χ4n) is 4.36. The zero-order chi connectivity index (χ0) is 28.5. The van der Waals surface area contributed by atoms with E-state index in [9.17, 15) is 0 Å². The standard InChI is InChI=1S/2C18H15As.2ClH.Ni/c2*1-4-10-16(11-5-1)19(17-12-6-2-7-13-17)18-14-8-3-9-15-18;;;/h2*1-15H;2*1H;/q;;;;+2/p-2. The molecular formula is C36H30As2Cl2Ni. The van der Waals surface area contributed by atoms with E-state index in [1.807, 2.05) is 0 Å². The normalized spacial score (nSPS) is 10.3. The van der Waals surface area contributed by atoms with Crippen molar-refractivity contribution in [1.82, 2.24) is 0 Å². The van der Waals surface area contributed by atoms with Crippen molar-refractivity contribution >= 4 is 75.8 Å². The van der Waals surface area contributed by atoms with Crippen molar-refractivity contribution in [2.45, 2.75) is 0 Å². The molecule has 0 saturated carbocycles. The van der Waals surface area contributed by atoms with Crippen LogP contribution in [-0.2, 0) is 12.7 Å². The third-order valence-corrected chi connectivity index (χ3v) is 16.3. The molecule has 208 valence electrons. The number of benzene rings is 6. The second kappa shape index (κ2) is 18.1. The van der Waals surface area contributed by atoms with Gasteiger partial charge in [-0.25, -0.2) is 0 Å². The number of halogens is 2. The summed E-state index contributed by atoms with van der Waals surface area (Å²) in [6, 6.07) is 65.4. The fourth-order valence-corrected chi connectivity index (χ4v) is 14.0. The van der Waals surface area contributed by atoms with Crippen LogP contribution in [-0.4, -0.2) is 29.3 Å². The van der Waals surface area contributed by atoms with Crippen LogP contribution in [0.2, 0.25) is 0 Å². The van der Waals surface area contributed by atoms with E-state index >= 15 is 0 Å². The summed E-state index contributed by atoms with van der Waals surface area (Å²) in [5, 5.41) is 0. The van der Waals surface area contributed by atoms with Crippen molar-refractivity contribution in [1.29, 1.82) is 0 Å². The van der Waals surface area contributed by atoms with Crippen molar-refractivity contribution in [2.24, 2.45) is 0 Å². The average molecular weight is 742 g/mol. The van der Waals surface area contributed by atoms with Gasteiger partial charge in [-0.1, -0.05) is 0 Å². The Bertz CT molecular complexity index is 1200. The van der Waals surface area contributed by atoms with Gasteiger partial charge in [0.15, 0.2) is 0 Å². The monoisotopic (exact) mass is 740 g/mol. The molecule has 0 N–H and O–H groups in total. The van der Waals surface area contributed by atoms with Gasteiger partial charge >= 0.3 is 270 Å². The quantitative estimate of drug-likeness (QED) is 0.190. The van der Waals surface area contributed by atoms with Gasteiger partial charge in [0.2, 0.25) is 0 Å². The van der Waals surface area contributed by atoms with E-state index in [0.29, 0.717) is 12.7 Å². The van der Waals surface area contributed by atoms with E-state index in [4.69, 9.17) is 20.4 Å². The van der Waals surface area contributed by atoms with Crippen molar-refractivity contribution in [2.75, 3.05) is 0 Å². The molecule has 0 fully saturated rings. The molecule has 0 aliphatic carbocycles. The molecule has 0 saturated heterocycles. The van der Waals surface area contributed by atoms with Crippen LogP contribution in [0, 0.1) is 0 Å². The number of rotatable bonds is 6. The van der Waals surface area contributed by atoms with Gasteiger partial charge in [0.25, 0.3) is 0 Å². The third-order valence-electron chi connectivity index (χ3n) is 6.09. The minimum absolute atomic E-state index is 0.569. The van der Waals surface area contributed by atoms with E-state index in [1.165, 1.54) is 26.1 Å². The molecule has 0 aliphatic rings. The van der Waals surface area contributed by atoms with Gasteiger partial charge in [-0.05, 0) is 0 Å². The zero-order valence-corrected chi connectivity index (χ0v) is 28.5. The maximum atomic E-state index is 4.70. The minimum atomic E-state index is -1.39. The Kier molecular flexibility index (Phi) is 13.9. The Morgan fingerprint density at radius 2 is 0.390 bits per heavy atom. The van der Waals surface area contributed by atoms with Crippen LogP contribution in [0.15, 0.2) is 182 Å². The first kappa shape index (κ1) is 31.4. The Labute approximate surface area is 268 Å². The molecule has 0 amide bonds. The summed E-state index contributed by atoms with van der Waals surface area (Å²) in [6.07, 6.45) is 0. The Morgan fingerprint density at radius 3 is 0.512 bits per heavy atom. The van der Waals surface area contributed by atoms with E-state index in [1.54, 1.807) is 0 Å². The summed E-state index contributed by atoms with van der Waals surface area (Å²) in [6.45, 7) is 0. The molecule has 6 aromatic rings. The van der Waals surface area contributed by atoms with Gasteiger partial charge in [0, 0.05) is 0 Å². The van der Waals surface area contributed by atoms with Crippen LogP contribution in [0.4, 0.5) is 0 Å². The molecule has 0 atom stereocenters. The van der Waals surface area contributed by atoms with Crippen LogP contribution in [0.5, 0.6) is 0 Å². The summed E-state index contributed by atoms with van der Waals surface area (Å²) < 4.78 is 8.87. The molecule has 5 heteroatoms. The summed E-state index contributed by atoms with van der Waals surface area (Å²) in [7, 11) is 9.40.